The summed E-state index contributed by atoms with van der Waals surface area (Å²) in [4.78, 5) is 0. The van der Waals surface area contributed by atoms with E-state index in [9.17, 15) is 0 Å². The number of rotatable bonds is 12. The normalized spacial score (nSPS) is 9.33. The fourth-order valence-corrected chi connectivity index (χ4v) is 1.14. The van der Waals surface area contributed by atoms with Gasteiger partial charge in [-0.3, -0.25) is 0 Å². The highest BCUT2D eigenvalue weighted by atomic mass is 16.5. The quantitative estimate of drug-likeness (QED) is 0.341. The Bertz CT molecular complexity index is 138. The lowest BCUT2D eigenvalue weighted by atomic mass is 10.3. The molecule has 0 saturated carbocycles. The third-order valence-corrected chi connectivity index (χ3v) is 1.92. The van der Waals surface area contributed by atoms with Crippen LogP contribution >= 0.6 is 0 Å². The van der Waals surface area contributed by atoms with E-state index < -0.39 is 12.2 Å². The number of ether oxygens (including phenoxy) is 3. The van der Waals surface area contributed by atoms with Crippen molar-refractivity contribution in [1.29, 1.82) is 0 Å². The van der Waals surface area contributed by atoms with Crippen LogP contribution in [0.25, 0.3) is 0 Å². The molecule has 184 valence electrons. The summed E-state index contributed by atoms with van der Waals surface area (Å²) in [6.45, 7) is 6.57. The van der Waals surface area contributed by atoms with Crippen molar-refractivity contribution in [3.63, 3.8) is 0 Å². The Kier molecular flexibility index (Phi) is 149. The second-order valence-electron chi connectivity index (χ2n) is 4.17. The van der Waals surface area contributed by atoms with Crippen molar-refractivity contribution in [2.45, 2.75) is 113 Å². The van der Waals surface area contributed by atoms with Crippen LogP contribution in [-0.2, 0) is 14.2 Å². The van der Waals surface area contributed by atoms with E-state index in [1.54, 1.807) is 13.8 Å². The number of hydrogen-bond acceptors (Lipinski definition) is 5. The number of aliphatic hydroxyl groups excluding tert-OH is 2. The minimum Gasteiger partial charge on any atom is -0.391 e. The molecule has 0 aromatic carbocycles. The molecule has 0 rings (SSSR count). The summed E-state index contributed by atoms with van der Waals surface area (Å²) in [5.74, 6) is 0. The van der Waals surface area contributed by atoms with Gasteiger partial charge in [-0.15, -0.1) is 0 Å². The molecule has 0 saturated heterocycles. The lowest BCUT2D eigenvalue weighted by Gasteiger charge is -2.08. The zero-order valence-corrected chi connectivity index (χ0v) is 10.9. The highest BCUT2D eigenvalue weighted by molar-refractivity contribution is 4.44. The van der Waals surface area contributed by atoms with Crippen molar-refractivity contribution in [3.05, 3.63) is 0 Å². The molecule has 2 atom stereocenters. The Labute approximate surface area is 177 Å². The average molecular weight is 411 g/mol. The highest BCUT2D eigenvalue weighted by Gasteiger charge is 1.96. The molecule has 27 heavy (non-hydrogen) atoms. The van der Waals surface area contributed by atoms with E-state index in [1.807, 2.05) is 0 Å². The Morgan fingerprint density at radius 1 is 0.481 bits per heavy atom. The van der Waals surface area contributed by atoms with E-state index in [0.29, 0.717) is 39.6 Å². The molecular formula is C22H66O5. The third kappa shape index (κ3) is 76.7. The molecule has 0 spiro atoms. The van der Waals surface area contributed by atoms with Crippen LogP contribution in [0.4, 0.5) is 0 Å². The summed E-state index contributed by atoms with van der Waals surface area (Å²) in [7, 11) is 0. The van der Waals surface area contributed by atoms with Gasteiger partial charge in [0.25, 0.3) is 0 Å². The van der Waals surface area contributed by atoms with Gasteiger partial charge in [0.15, 0.2) is 0 Å². The van der Waals surface area contributed by atoms with Crippen molar-refractivity contribution in [2.24, 2.45) is 0 Å². The van der Waals surface area contributed by atoms with E-state index >= 15 is 0 Å². The second kappa shape index (κ2) is 56.2. The largest absolute Gasteiger partial charge is 0.391 e. The van der Waals surface area contributed by atoms with E-state index in [1.165, 1.54) is 0 Å². The highest BCUT2D eigenvalue weighted by Crippen LogP contribution is 1.93. The molecule has 0 aliphatic carbocycles. The topological polar surface area (TPSA) is 68.2 Å². The molecule has 2 N–H and O–H groups in total. The maximum Gasteiger partial charge on any atom is 0.0745 e. The number of aliphatic hydroxyl groups is 2. The molecule has 0 aliphatic heterocycles. The van der Waals surface area contributed by atoms with E-state index in [2.05, 4.69) is 0 Å². The first-order valence-electron chi connectivity index (χ1n) is 6.22. The predicted octanol–water partition coefficient (Wildman–Crippen LogP) is 6.94. The monoisotopic (exact) mass is 410 g/mol. The zero-order valence-electron chi connectivity index (χ0n) is 10.9. The van der Waals surface area contributed by atoms with Gasteiger partial charge < -0.3 is 24.4 Å². The Hall–Kier alpha value is -0.200. The van der Waals surface area contributed by atoms with Gasteiger partial charge in [0.2, 0.25) is 0 Å². The van der Waals surface area contributed by atoms with Crippen molar-refractivity contribution in [2.75, 3.05) is 39.6 Å². The predicted molar refractivity (Wildman–Crippen MR) is 132 cm³/mol. The fraction of sp³-hybridized carbons (Fsp3) is 1.00. The van der Waals surface area contributed by atoms with Crippen molar-refractivity contribution in [3.8, 4) is 0 Å². The minimum absolute atomic E-state index is 0. The van der Waals surface area contributed by atoms with Gasteiger partial charge in [-0.2, -0.15) is 0 Å². The van der Waals surface area contributed by atoms with Crippen LogP contribution in [0, 0.1) is 0 Å². The van der Waals surface area contributed by atoms with Crippen LogP contribution in [-0.4, -0.2) is 62.1 Å². The molecular weight excluding hydrogens is 344 g/mol. The molecule has 0 heterocycles. The molecule has 0 fully saturated rings. The third-order valence-electron chi connectivity index (χ3n) is 1.92. The maximum absolute atomic E-state index is 8.93. The smallest absolute Gasteiger partial charge is 0.0745 e. The van der Waals surface area contributed by atoms with Crippen molar-refractivity contribution >= 4 is 0 Å². The first-order valence-corrected chi connectivity index (χ1v) is 6.22. The SMILES string of the molecule is C.C.C.C.C.C.C.C.C.C.CC(O)COCCCCOCCOCC(C)O. The fourth-order valence-electron chi connectivity index (χ4n) is 1.14. The van der Waals surface area contributed by atoms with Gasteiger partial charge in [-0.05, 0) is 26.7 Å². The van der Waals surface area contributed by atoms with Crippen LogP contribution in [0.5, 0.6) is 0 Å². The molecule has 0 aliphatic rings. The van der Waals surface area contributed by atoms with Crippen LogP contribution in [0.2, 0.25) is 0 Å². The lowest BCUT2D eigenvalue weighted by Crippen LogP contribution is -2.14. The van der Waals surface area contributed by atoms with Gasteiger partial charge in [-0.1, -0.05) is 74.3 Å². The van der Waals surface area contributed by atoms with Crippen LogP contribution < -0.4 is 0 Å². The second-order valence-corrected chi connectivity index (χ2v) is 4.17. The molecule has 0 aromatic heterocycles. The first kappa shape index (κ1) is 71.5. The molecule has 5 nitrogen and oxygen atoms in total. The Morgan fingerprint density at radius 3 is 1.07 bits per heavy atom. The van der Waals surface area contributed by atoms with Gasteiger partial charge in [-0.25, -0.2) is 0 Å². The van der Waals surface area contributed by atoms with Gasteiger partial charge in [0, 0.05) is 13.2 Å². The minimum atomic E-state index is -0.416. The van der Waals surface area contributed by atoms with Crippen LogP contribution in [0.15, 0.2) is 0 Å². The Morgan fingerprint density at radius 2 is 0.741 bits per heavy atom. The van der Waals surface area contributed by atoms with Crippen molar-refractivity contribution in [1.82, 2.24) is 0 Å². The number of hydrogen-bond donors (Lipinski definition) is 2. The molecule has 2 unspecified atom stereocenters. The Balaban J connectivity index is -0.0000000284. The number of unbranched alkanes of at least 4 members (excludes halogenated alkanes) is 1. The first-order chi connectivity index (χ1) is 8.13. The summed E-state index contributed by atoms with van der Waals surface area (Å²) in [5, 5.41) is 17.9. The van der Waals surface area contributed by atoms with E-state index in [0.717, 1.165) is 12.8 Å². The summed E-state index contributed by atoms with van der Waals surface area (Å²) in [5.41, 5.74) is 0. The van der Waals surface area contributed by atoms with Gasteiger partial charge in [0.05, 0.1) is 38.6 Å². The van der Waals surface area contributed by atoms with Gasteiger partial charge in [0.1, 0.15) is 0 Å². The molecule has 0 amide bonds. The van der Waals surface area contributed by atoms with E-state index in [4.69, 9.17) is 24.4 Å². The maximum atomic E-state index is 8.93. The van der Waals surface area contributed by atoms with Gasteiger partial charge >= 0.3 is 0 Å². The summed E-state index contributed by atoms with van der Waals surface area (Å²) < 4.78 is 15.7. The average Bonchev–Trinajstić information content (AvgIpc) is 2.25. The standard InChI is InChI=1S/C12H26O5.10CH4/c1-11(13)9-16-6-4-3-5-15-7-8-17-10-12(2)14;;;;;;;;;;/h11-14H,3-10H2,1-2H3;10*1H4. The summed E-state index contributed by atoms with van der Waals surface area (Å²) >= 11 is 0. The molecule has 5 heteroatoms. The van der Waals surface area contributed by atoms with Crippen LogP contribution in [0.3, 0.4) is 0 Å². The van der Waals surface area contributed by atoms with Crippen LogP contribution in [0.1, 0.15) is 101 Å². The molecule has 0 radical (unpaired) electrons. The molecule has 0 aromatic rings. The zero-order chi connectivity index (χ0) is 12.9. The summed E-state index contributed by atoms with van der Waals surface area (Å²) in [6, 6.07) is 0. The molecule has 0 bridgehead atoms. The lowest BCUT2D eigenvalue weighted by molar-refractivity contribution is 0.00656. The van der Waals surface area contributed by atoms with Crippen molar-refractivity contribution < 1.29 is 24.4 Å². The van der Waals surface area contributed by atoms with E-state index in [-0.39, 0.29) is 74.3 Å². The summed E-state index contributed by atoms with van der Waals surface area (Å²) in [6.07, 6.45) is 1.07.